The highest BCUT2D eigenvalue weighted by Crippen LogP contribution is 2.48. The zero-order valence-corrected chi connectivity index (χ0v) is 13.4. The van der Waals surface area contributed by atoms with Gasteiger partial charge >= 0.3 is 0 Å². The van der Waals surface area contributed by atoms with Crippen molar-refractivity contribution < 1.29 is 4.79 Å². The lowest BCUT2D eigenvalue weighted by atomic mass is 10.1. The number of amides is 1. The number of nitrogens with one attached hydrogen (secondary N) is 1. The molecule has 4 nitrogen and oxygen atoms in total. The van der Waals surface area contributed by atoms with E-state index in [0.29, 0.717) is 5.95 Å². The lowest BCUT2D eigenvalue weighted by molar-refractivity contribution is -0.117. The molecule has 0 unspecified atom stereocenters. The van der Waals surface area contributed by atoms with Crippen LogP contribution in [0.15, 0.2) is 48.5 Å². The number of aryl methyl sites for hydroxylation is 1. The summed E-state index contributed by atoms with van der Waals surface area (Å²) in [4.78, 5) is 16.9. The van der Waals surface area contributed by atoms with E-state index in [1.807, 2.05) is 60.1 Å². The molecule has 1 aromatic heterocycles. The average Bonchev–Trinajstić information content (AvgIpc) is 3.30. The van der Waals surface area contributed by atoms with Crippen LogP contribution in [-0.2, 0) is 11.8 Å². The number of rotatable bonds is 3. The molecule has 1 aliphatic rings. The first-order valence-corrected chi connectivity index (χ1v) is 7.99. The van der Waals surface area contributed by atoms with Crippen LogP contribution in [-0.4, -0.2) is 15.5 Å². The number of hydrogen-bond acceptors (Lipinski definition) is 2. The van der Waals surface area contributed by atoms with Gasteiger partial charge in [0.05, 0.1) is 11.0 Å². The number of hydrogen-bond donors (Lipinski definition) is 1. The Morgan fingerprint density at radius 1 is 1.22 bits per heavy atom. The number of anilines is 1. The Kier molecular flexibility index (Phi) is 3.34. The van der Waals surface area contributed by atoms with Crippen LogP contribution < -0.4 is 5.32 Å². The molecule has 0 bridgehead atoms. The Morgan fingerprint density at radius 2 is 1.96 bits per heavy atom. The van der Waals surface area contributed by atoms with Gasteiger partial charge in [-0.15, -0.1) is 0 Å². The van der Waals surface area contributed by atoms with Crippen LogP contribution in [0.3, 0.4) is 0 Å². The summed E-state index contributed by atoms with van der Waals surface area (Å²) >= 11 is 5.91. The van der Waals surface area contributed by atoms with E-state index in [4.69, 9.17) is 11.6 Å². The van der Waals surface area contributed by atoms with Gasteiger partial charge in [-0.05, 0) is 42.2 Å². The molecule has 1 heterocycles. The van der Waals surface area contributed by atoms with E-state index < -0.39 is 0 Å². The van der Waals surface area contributed by atoms with Gasteiger partial charge < -0.3 is 4.57 Å². The molecule has 0 saturated heterocycles. The van der Waals surface area contributed by atoms with E-state index in [1.165, 1.54) is 5.56 Å². The van der Waals surface area contributed by atoms with E-state index in [-0.39, 0.29) is 17.7 Å². The topological polar surface area (TPSA) is 46.9 Å². The first-order valence-electron chi connectivity index (χ1n) is 7.61. The van der Waals surface area contributed by atoms with Crippen LogP contribution >= 0.6 is 11.6 Å². The zero-order chi connectivity index (χ0) is 16.0. The van der Waals surface area contributed by atoms with Crippen molar-refractivity contribution in [2.45, 2.75) is 12.3 Å². The van der Waals surface area contributed by atoms with Gasteiger partial charge in [-0.3, -0.25) is 10.1 Å². The van der Waals surface area contributed by atoms with E-state index >= 15 is 0 Å². The molecule has 1 N–H and O–H groups in total. The quantitative estimate of drug-likeness (QED) is 0.792. The minimum absolute atomic E-state index is 0.0102. The van der Waals surface area contributed by atoms with Gasteiger partial charge in [0.2, 0.25) is 11.9 Å². The molecule has 1 fully saturated rings. The van der Waals surface area contributed by atoms with Crippen molar-refractivity contribution in [3.8, 4) is 0 Å². The maximum Gasteiger partial charge on any atom is 0.230 e. The third kappa shape index (κ3) is 2.59. The van der Waals surface area contributed by atoms with Crippen LogP contribution in [0.4, 0.5) is 5.95 Å². The van der Waals surface area contributed by atoms with Crippen molar-refractivity contribution in [2.75, 3.05) is 5.32 Å². The van der Waals surface area contributed by atoms with Gasteiger partial charge in [-0.25, -0.2) is 4.98 Å². The smallest absolute Gasteiger partial charge is 0.230 e. The molecule has 0 spiro atoms. The molecule has 0 radical (unpaired) electrons. The van der Waals surface area contributed by atoms with Crippen LogP contribution in [0.5, 0.6) is 0 Å². The van der Waals surface area contributed by atoms with Gasteiger partial charge in [0.1, 0.15) is 0 Å². The highest BCUT2D eigenvalue weighted by molar-refractivity contribution is 6.30. The van der Waals surface area contributed by atoms with Crippen LogP contribution in [0.2, 0.25) is 5.02 Å². The highest BCUT2D eigenvalue weighted by atomic mass is 35.5. The third-order valence-electron chi connectivity index (χ3n) is 4.45. The Labute approximate surface area is 139 Å². The van der Waals surface area contributed by atoms with Gasteiger partial charge in [-0.1, -0.05) is 35.9 Å². The summed E-state index contributed by atoms with van der Waals surface area (Å²) in [5.41, 5.74) is 3.06. The zero-order valence-electron chi connectivity index (χ0n) is 12.7. The predicted octanol–water partition coefficient (Wildman–Crippen LogP) is 3.97. The fraction of sp³-hybridized carbons (Fsp3) is 0.222. The number of fused-ring (bicyclic) bond motifs is 1. The molecule has 4 rings (SSSR count). The summed E-state index contributed by atoms with van der Waals surface area (Å²) < 4.78 is 1.91. The minimum Gasteiger partial charge on any atom is -0.313 e. The summed E-state index contributed by atoms with van der Waals surface area (Å²) in [5, 5.41) is 3.68. The highest BCUT2D eigenvalue weighted by Gasteiger charge is 2.44. The SMILES string of the molecule is Cn1c(NC(=O)[C@H]2C[C@@H]2c2ccc(Cl)cc2)nc2ccccc21. The summed E-state index contributed by atoms with van der Waals surface area (Å²) in [5.74, 6) is 0.916. The second-order valence-electron chi connectivity index (χ2n) is 5.97. The number of halogens is 1. The predicted molar refractivity (Wildman–Crippen MR) is 91.6 cm³/mol. The van der Waals surface area contributed by atoms with Gasteiger partial charge in [-0.2, -0.15) is 0 Å². The largest absolute Gasteiger partial charge is 0.313 e. The van der Waals surface area contributed by atoms with Crippen LogP contribution in [0.1, 0.15) is 17.9 Å². The second kappa shape index (κ2) is 5.39. The fourth-order valence-electron chi connectivity index (χ4n) is 3.02. The summed E-state index contributed by atoms with van der Waals surface area (Å²) in [6.07, 6.45) is 0.872. The first-order chi connectivity index (χ1) is 11.1. The summed E-state index contributed by atoms with van der Waals surface area (Å²) in [6, 6.07) is 15.6. The molecule has 2 aromatic carbocycles. The van der Waals surface area contributed by atoms with Crippen LogP contribution in [0.25, 0.3) is 11.0 Å². The standard InChI is InChI=1S/C18H16ClN3O/c1-22-16-5-3-2-4-15(16)20-18(22)21-17(23)14-10-13(14)11-6-8-12(19)9-7-11/h2-9,13-14H,10H2,1H3,(H,20,21,23)/t13-,14+/m1/s1. The monoisotopic (exact) mass is 325 g/mol. The molecule has 5 heteroatoms. The first kappa shape index (κ1) is 14.3. The van der Waals surface area contributed by atoms with Crippen molar-refractivity contribution in [1.29, 1.82) is 0 Å². The van der Waals surface area contributed by atoms with Crippen molar-refractivity contribution >= 4 is 34.5 Å². The maximum absolute atomic E-state index is 12.5. The van der Waals surface area contributed by atoms with Crippen LogP contribution in [0, 0.1) is 5.92 Å². The number of para-hydroxylation sites is 2. The van der Waals surface area contributed by atoms with Crippen molar-refractivity contribution in [1.82, 2.24) is 9.55 Å². The van der Waals surface area contributed by atoms with E-state index in [9.17, 15) is 4.79 Å². The van der Waals surface area contributed by atoms with Crippen molar-refractivity contribution in [3.63, 3.8) is 0 Å². The lowest BCUT2D eigenvalue weighted by Gasteiger charge is -2.05. The fourth-order valence-corrected chi connectivity index (χ4v) is 3.15. The molecule has 0 aliphatic heterocycles. The number of aromatic nitrogens is 2. The molecule has 3 aromatic rings. The Balaban J connectivity index is 1.50. The summed E-state index contributed by atoms with van der Waals surface area (Å²) in [6.45, 7) is 0. The molecule has 23 heavy (non-hydrogen) atoms. The van der Waals surface area contributed by atoms with E-state index in [2.05, 4.69) is 10.3 Å². The molecular weight excluding hydrogens is 310 g/mol. The Morgan fingerprint density at radius 3 is 2.70 bits per heavy atom. The number of carbonyl (C=O) groups excluding carboxylic acids is 1. The minimum atomic E-state index is 0.0102. The number of benzene rings is 2. The van der Waals surface area contributed by atoms with E-state index in [0.717, 1.165) is 22.5 Å². The number of nitrogens with zero attached hydrogens (tertiary/aromatic N) is 2. The number of imidazole rings is 1. The third-order valence-corrected chi connectivity index (χ3v) is 4.70. The molecule has 2 atom stereocenters. The number of carbonyl (C=O) groups is 1. The van der Waals surface area contributed by atoms with Gasteiger partial charge in [0, 0.05) is 18.0 Å². The normalized spacial score (nSPS) is 19.7. The second-order valence-corrected chi connectivity index (χ2v) is 6.41. The van der Waals surface area contributed by atoms with Gasteiger partial charge in [0.15, 0.2) is 0 Å². The van der Waals surface area contributed by atoms with E-state index in [1.54, 1.807) is 0 Å². The van der Waals surface area contributed by atoms with Crippen molar-refractivity contribution in [2.24, 2.45) is 13.0 Å². The maximum atomic E-state index is 12.5. The summed E-state index contributed by atoms with van der Waals surface area (Å²) in [7, 11) is 1.91. The Bertz CT molecular complexity index is 885. The lowest BCUT2D eigenvalue weighted by Crippen LogP contribution is -2.17. The average molecular weight is 326 g/mol. The molecule has 1 amide bonds. The van der Waals surface area contributed by atoms with Gasteiger partial charge in [0.25, 0.3) is 0 Å². The molecule has 1 aliphatic carbocycles. The van der Waals surface area contributed by atoms with Crippen molar-refractivity contribution in [3.05, 3.63) is 59.1 Å². The molecule has 116 valence electrons. The molecular formula is C18H16ClN3O. The molecule has 1 saturated carbocycles. The Hall–Kier alpha value is -2.33.